The van der Waals surface area contributed by atoms with Crippen LogP contribution in [0.2, 0.25) is 0 Å². The molecule has 114 valence electrons. The van der Waals surface area contributed by atoms with Gasteiger partial charge < -0.3 is 5.21 Å². The van der Waals surface area contributed by atoms with E-state index in [-0.39, 0.29) is 23.7 Å². The third-order valence-corrected chi connectivity index (χ3v) is 4.57. The molecule has 5 nitrogen and oxygen atoms in total. The van der Waals surface area contributed by atoms with Gasteiger partial charge in [0.1, 0.15) is 0 Å². The summed E-state index contributed by atoms with van der Waals surface area (Å²) in [6.07, 6.45) is 2.77. The fourth-order valence-corrected chi connectivity index (χ4v) is 3.25. The van der Waals surface area contributed by atoms with E-state index in [0.29, 0.717) is 29.3 Å². The number of benzene rings is 1. The van der Waals surface area contributed by atoms with Crippen LogP contribution in [0.15, 0.2) is 40.5 Å². The molecule has 0 radical (unpaired) electrons. The lowest BCUT2D eigenvalue weighted by molar-refractivity contribution is -0.122. The van der Waals surface area contributed by atoms with Gasteiger partial charge in [0, 0.05) is 5.03 Å². The average molecular weight is 319 g/mol. The van der Waals surface area contributed by atoms with Gasteiger partial charge in [-0.15, -0.1) is 0 Å². The largest absolute Gasteiger partial charge is 0.411 e. The van der Waals surface area contributed by atoms with Gasteiger partial charge in [-0.1, -0.05) is 35.0 Å². The van der Waals surface area contributed by atoms with Crippen LogP contribution in [0.1, 0.15) is 25.3 Å². The number of oxime groups is 1. The second kappa shape index (κ2) is 5.57. The maximum atomic E-state index is 12.5. The molecule has 2 amide bonds. The molecule has 2 aliphatic rings. The maximum Gasteiger partial charge on any atom is 0.238 e. The predicted octanol–water partition coefficient (Wildman–Crippen LogP) is 2.91. The average Bonchev–Trinajstić information content (AvgIpc) is 2.78. The number of amides is 2. The molecule has 2 atom stereocenters. The van der Waals surface area contributed by atoms with Gasteiger partial charge in [-0.25, -0.2) is 0 Å². The SMILES string of the molecule is C/C(=N/O)c1ccc(N2C(=O)[C@H]3CC(Cl)=CC[C@H]3C2=O)cc1. The maximum absolute atomic E-state index is 12.5. The van der Waals surface area contributed by atoms with Crippen LogP contribution in [-0.2, 0) is 9.59 Å². The van der Waals surface area contributed by atoms with Crippen LogP contribution in [-0.4, -0.2) is 22.7 Å². The summed E-state index contributed by atoms with van der Waals surface area (Å²) in [6.45, 7) is 1.67. The molecule has 0 bridgehead atoms. The standard InChI is InChI=1S/C16H15ClN2O3/c1-9(18-22)10-2-5-12(6-3-10)19-15(20)13-7-4-11(17)8-14(13)16(19)21/h2-6,13-14,22H,7-8H2,1H3/b18-9-/t13-,14+/m1/s1. The van der Waals surface area contributed by atoms with E-state index in [4.69, 9.17) is 16.8 Å². The quantitative estimate of drug-likeness (QED) is 0.394. The van der Waals surface area contributed by atoms with E-state index in [1.165, 1.54) is 4.90 Å². The van der Waals surface area contributed by atoms with E-state index in [1.807, 2.05) is 6.08 Å². The third-order valence-electron chi connectivity index (χ3n) is 4.26. The molecule has 3 rings (SSSR count). The lowest BCUT2D eigenvalue weighted by atomic mass is 9.85. The molecule has 0 unspecified atom stereocenters. The molecule has 1 fully saturated rings. The van der Waals surface area contributed by atoms with Crippen molar-refractivity contribution in [1.82, 2.24) is 0 Å². The zero-order chi connectivity index (χ0) is 15.9. The normalized spacial score (nSPS) is 25.3. The van der Waals surface area contributed by atoms with Gasteiger partial charge in [-0.3, -0.25) is 14.5 Å². The Hall–Kier alpha value is -2.14. The summed E-state index contributed by atoms with van der Waals surface area (Å²) in [4.78, 5) is 26.3. The van der Waals surface area contributed by atoms with E-state index in [9.17, 15) is 9.59 Å². The Kier molecular flexibility index (Phi) is 3.74. The fraction of sp³-hybridized carbons (Fsp3) is 0.312. The number of anilines is 1. The molecule has 1 aliphatic carbocycles. The Bertz CT molecular complexity index is 694. The highest BCUT2D eigenvalue weighted by Crippen LogP contribution is 2.40. The van der Waals surface area contributed by atoms with Gasteiger partial charge in [0.25, 0.3) is 0 Å². The zero-order valence-electron chi connectivity index (χ0n) is 12.0. The van der Waals surface area contributed by atoms with Crippen LogP contribution in [0.25, 0.3) is 0 Å². The lowest BCUT2D eigenvalue weighted by Gasteiger charge is -2.17. The second-order valence-electron chi connectivity index (χ2n) is 5.55. The number of hydrogen-bond donors (Lipinski definition) is 1. The number of halogens is 1. The van der Waals surface area contributed by atoms with Crippen LogP contribution < -0.4 is 4.90 Å². The molecular formula is C16H15ClN2O3. The summed E-state index contributed by atoms with van der Waals surface area (Å²) in [6, 6.07) is 6.81. The highest BCUT2D eigenvalue weighted by atomic mass is 35.5. The minimum Gasteiger partial charge on any atom is -0.411 e. The molecule has 0 aromatic heterocycles. The Balaban J connectivity index is 1.90. The van der Waals surface area contributed by atoms with Crippen molar-refractivity contribution in [3.8, 4) is 0 Å². The summed E-state index contributed by atoms with van der Waals surface area (Å²) in [5.74, 6) is -1.03. The number of imide groups is 1. The van der Waals surface area contributed by atoms with Crippen molar-refractivity contribution in [2.45, 2.75) is 19.8 Å². The molecular weight excluding hydrogens is 304 g/mol. The molecule has 22 heavy (non-hydrogen) atoms. The lowest BCUT2D eigenvalue weighted by Crippen LogP contribution is -2.30. The van der Waals surface area contributed by atoms with Gasteiger partial charge in [-0.05, 0) is 37.5 Å². The van der Waals surface area contributed by atoms with Crippen LogP contribution in [0.5, 0.6) is 0 Å². The molecule has 1 saturated heterocycles. The number of carbonyl (C=O) groups is 2. The first kappa shape index (κ1) is 14.8. The second-order valence-corrected chi connectivity index (χ2v) is 6.03. The number of fused-ring (bicyclic) bond motifs is 1. The van der Waals surface area contributed by atoms with Gasteiger partial charge >= 0.3 is 0 Å². The minimum absolute atomic E-state index is 0.171. The molecule has 1 N–H and O–H groups in total. The molecule has 1 aromatic carbocycles. The molecule has 0 spiro atoms. The Morgan fingerprint density at radius 3 is 2.50 bits per heavy atom. The van der Waals surface area contributed by atoms with Crippen molar-refractivity contribution in [1.29, 1.82) is 0 Å². The van der Waals surface area contributed by atoms with Crippen LogP contribution in [0.3, 0.4) is 0 Å². The first-order valence-corrected chi connectivity index (χ1v) is 7.42. The number of allylic oxidation sites excluding steroid dienone is 2. The zero-order valence-corrected chi connectivity index (χ0v) is 12.7. The monoisotopic (exact) mass is 318 g/mol. The van der Waals surface area contributed by atoms with Gasteiger partial charge in [0.15, 0.2) is 0 Å². The summed E-state index contributed by atoms with van der Waals surface area (Å²) in [7, 11) is 0. The Morgan fingerprint density at radius 2 is 1.86 bits per heavy atom. The Labute approximate surface area is 132 Å². The van der Waals surface area contributed by atoms with Crippen LogP contribution in [0, 0.1) is 11.8 Å². The van der Waals surface area contributed by atoms with E-state index in [0.717, 1.165) is 5.56 Å². The van der Waals surface area contributed by atoms with Crippen LogP contribution in [0.4, 0.5) is 5.69 Å². The van der Waals surface area contributed by atoms with Crippen molar-refractivity contribution in [3.05, 3.63) is 40.9 Å². The topological polar surface area (TPSA) is 70.0 Å². The van der Waals surface area contributed by atoms with Crippen molar-refractivity contribution in [3.63, 3.8) is 0 Å². The summed E-state index contributed by atoms with van der Waals surface area (Å²) in [5, 5.41) is 12.5. The molecule has 6 heteroatoms. The highest BCUT2D eigenvalue weighted by molar-refractivity contribution is 6.30. The van der Waals surface area contributed by atoms with E-state index >= 15 is 0 Å². The molecule has 1 aromatic rings. The highest BCUT2D eigenvalue weighted by Gasteiger charge is 2.48. The van der Waals surface area contributed by atoms with E-state index in [1.54, 1.807) is 31.2 Å². The first-order chi connectivity index (χ1) is 10.5. The number of carbonyl (C=O) groups excluding carboxylic acids is 2. The predicted molar refractivity (Wildman–Crippen MR) is 83.1 cm³/mol. The van der Waals surface area contributed by atoms with Crippen molar-refractivity contribution in [2.24, 2.45) is 17.0 Å². The van der Waals surface area contributed by atoms with Crippen molar-refractivity contribution in [2.75, 3.05) is 4.90 Å². The fourth-order valence-electron chi connectivity index (χ4n) is 2.99. The summed E-state index contributed by atoms with van der Waals surface area (Å²) < 4.78 is 0. The Morgan fingerprint density at radius 1 is 1.23 bits per heavy atom. The minimum atomic E-state index is -0.356. The van der Waals surface area contributed by atoms with Crippen molar-refractivity contribution >= 4 is 34.8 Å². The van der Waals surface area contributed by atoms with Gasteiger partial charge in [0.2, 0.25) is 11.8 Å². The molecule has 0 saturated carbocycles. The molecule has 1 aliphatic heterocycles. The van der Waals surface area contributed by atoms with Crippen LogP contribution >= 0.6 is 11.6 Å². The molecule has 1 heterocycles. The third kappa shape index (κ3) is 2.31. The number of rotatable bonds is 2. The number of nitrogens with zero attached hydrogens (tertiary/aromatic N) is 2. The smallest absolute Gasteiger partial charge is 0.238 e. The van der Waals surface area contributed by atoms with E-state index in [2.05, 4.69) is 5.16 Å². The van der Waals surface area contributed by atoms with Gasteiger partial charge in [-0.2, -0.15) is 0 Å². The van der Waals surface area contributed by atoms with E-state index < -0.39 is 0 Å². The van der Waals surface area contributed by atoms with Gasteiger partial charge in [0.05, 0.1) is 23.2 Å². The summed E-state index contributed by atoms with van der Waals surface area (Å²) >= 11 is 6.00. The number of hydrogen-bond acceptors (Lipinski definition) is 4. The summed E-state index contributed by atoms with van der Waals surface area (Å²) in [5.41, 5.74) is 1.73. The van der Waals surface area contributed by atoms with Crippen molar-refractivity contribution < 1.29 is 14.8 Å². The first-order valence-electron chi connectivity index (χ1n) is 7.04.